The van der Waals surface area contributed by atoms with E-state index >= 15 is 0 Å². The van der Waals surface area contributed by atoms with Crippen molar-refractivity contribution in [2.75, 3.05) is 23.7 Å². The van der Waals surface area contributed by atoms with Crippen molar-refractivity contribution >= 4 is 23.2 Å². The molecule has 3 N–H and O–H groups in total. The molecule has 0 saturated carbocycles. The fourth-order valence-electron chi connectivity index (χ4n) is 2.62. The van der Waals surface area contributed by atoms with Crippen molar-refractivity contribution in [1.82, 2.24) is 5.32 Å². The lowest BCUT2D eigenvalue weighted by Gasteiger charge is -2.14. The summed E-state index contributed by atoms with van der Waals surface area (Å²) in [5, 5.41) is 9.02. The van der Waals surface area contributed by atoms with Gasteiger partial charge >= 0.3 is 0 Å². The number of amides is 2. The SMILES string of the molecule is CC(C)CC(=O)Nc1ccc(NC(=O)[C@@H]2CNC[C@H]2C)cc1. The molecule has 0 bridgehead atoms. The molecule has 1 heterocycles. The molecule has 0 unspecified atom stereocenters. The van der Waals surface area contributed by atoms with Gasteiger partial charge in [0, 0.05) is 24.3 Å². The van der Waals surface area contributed by atoms with E-state index in [4.69, 9.17) is 0 Å². The molecule has 0 aromatic heterocycles. The molecule has 0 aliphatic carbocycles. The highest BCUT2D eigenvalue weighted by Gasteiger charge is 2.29. The summed E-state index contributed by atoms with van der Waals surface area (Å²) < 4.78 is 0. The maximum Gasteiger partial charge on any atom is 0.229 e. The van der Waals surface area contributed by atoms with E-state index in [2.05, 4.69) is 22.9 Å². The van der Waals surface area contributed by atoms with Gasteiger partial charge in [0.15, 0.2) is 0 Å². The van der Waals surface area contributed by atoms with Crippen molar-refractivity contribution < 1.29 is 9.59 Å². The van der Waals surface area contributed by atoms with E-state index in [-0.39, 0.29) is 17.7 Å². The van der Waals surface area contributed by atoms with Crippen LogP contribution < -0.4 is 16.0 Å². The van der Waals surface area contributed by atoms with Crippen molar-refractivity contribution in [3.05, 3.63) is 24.3 Å². The number of carbonyl (C=O) groups is 2. The number of hydrogen-bond donors (Lipinski definition) is 3. The molecule has 120 valence electrons. The molecule has 2 amide bonds. The molecule has 1 aromatic carbocycles. The average Bonchev–Trinajstić information content (AvgIpc) is 2.86. The van der Waals surface area contributed by atoms with E-state index in [0.29, 0.717) is 18.3 Å². The van der Waals surface area contributed by atoms with Crippen molar-refractivity contribution in [3.8, 4) is 0 Å². The second-order valence-corrected chi connectivity index (χ2v) is 6.45. The van der Waals surface area contributed by atoms with Crippen LogP contribution in [0.4, 0.5) is 11.4 Å². The summed E-state index contributed by atoms with van der Waals surface area (Å²) in [4.78, 5) is 23.9. The third-order valence-corrected chi connectivity index (χ3v) is 3.88. The summed E-state index contributed by atoms with van der Waals surface area (Å²) in [6.07, 6.45) is 0.505. The van der Waals surface area contributed by atoms with Crippen molar-refractivity contribution in [1.29, 1.82) is 0 Å². The first-order chi connectivity index (χ1) is 10.5. The van der Waals surface area contributed by atoms with Crippen molar-refractivity contribution in [2.45, 2.75) is 27.2 Å². The number of nitrogens with one attached hydrogen (secondary N) is 3. The normalized spacial score (nSPS) is 20.9. The number of rotatable bonds is 5. The van der Waals surface area contributed by atoms with Crippen LogP contribution in [-0.4, -0.2) is 24.9 Å². The highest BCUT2D eigenvalue weighted by atomic mass is 16.2. The molecule has 1 aliphatic heterocycles. The van der Waals surface area contributed by atoms with Crippen LogP contribution in [-0.2, 0) is 9.59 Å². The predicted octanol–water partition coefficient (Wildman–Crippen LogP) is 2.47. The second-order valence-electron chi connectivity index (χ2n) is 6.45. The third kappa shape index (κ3) is 4.56. The van der Waals surface area contributed by atoms with Crippen LogP contribution in [0.25, 0.3) is 0 Å². The number of anilines is 2. The van der Waals surface area contributed by atoms with Crippen LogP contribution >= 0.6 is 0 Å². The molecular formula is C17H25N3O2. The lowest BCUT2D eigenvalue weighted by Crippen LogP contribution is -2.27. The van der Waals surface area contributed by atoms with Crippen LogP contribution in [0, 0.1) is 17.8 Å². The Bertz CT molecular complexity index is 525. The minimum absolute atomic E-state index is 0.0117. The van der Waals surface area contributed by atoms with Crippen LogP contribution in [0.1, 0.15) is 27.2 Å². The average molecular weight is 303 g/mol. The van der Waals surface area contributed by atoms with Gasteiger partial charge in [0.2, 0.25) is 11.8 Å². The van der Waals surface area contributed by atoms with Crippen LogP contribution in [0.15, 0.2) is 24.3 Å². The zero-order valence-corrected chi connectivity index (χ0v) is 13.5. The van der Waals surface area contributed by atoms with Crippen LogP contribution in [0.2, 0.25) is 0 Å². The van der Waals surface area contributed by atoms with Gasteiger partial charge in [-0.2, -0.15) is 0 Å². The third-order valence-electron chi connectivity index (χ3n) is 3.88. The minimum Gasteiger partial charge on any atom is -0.326 e. The molecule has 1 aliphatic rings. The predicted molar refractivity (Wildman–Crippen MR) is 88.7 cm³/mol. The van der Waals surface area contributed by atoms with Crippen LogP contribution in [0.5, 0.6) is 0 Å². The summed E-state index contributed by atoms with van der Waals surface area (Å²) >= 11 is 0. The Hall–Kier alpha value is -1.88. The van der Waals surface area contributed by atoms with Gasteiger partial charge in [0.05, 0.1) is 5.92 Å². The highest BCUT2D eigenvalue weighted by molar-refractivity contribution is 5.94. The smallest absolute Gasteiger partial charge is 0.229 e. The van der Waals surface area contributed by atoms with E-state index in [1.54, 1.807) is 0 Å². The first-order valence-electron chi connectivity index (χ1n) is 7.87. The van der Waals surface area contributed by atoms with E-state index in [0.717, 1.165) is 24.5 Å². The molecule has 0 radical (unpaired) electrons. The van der Waals surface area contributed by atoms with Gasteiger partial charge in [0.1, 0.15) is 0 Å². The Morgan fingerprint density at radius 1 is 1.14 bits per heavy atom. The maximum atomic E-state index is 12.2. The Morgan fingerprint density at radius 2 is 1.73 bits per heavy atom. The first-order valence-corrected chi connectivity index (χ1v) is 7.87. The molecule has 5 heteroatoms. The standard InChI is InChI=1S/C17H25N3O2/c1-11(2)8-16(21)19-13-4-6-14(7-5-13)20-17(22)15-10-18-9-12(15)3/h4-7,11-12,15,18H,8-10H2,1-3H3,(H,19,21)(H,20,22)/t12-,15-/m1/s1. The maximum absolute atomic E-state index is 12.2. The number of carbonyl (C=O) groups excluding carboxylic acids is 2. The zero-order valence-electron chi connectivity index (χ0n) is 13.5. The van der Waals surface area contributed by atoms with E-state index in [1.807, 2.05) is 38.1 Å². The lowest BCUT2D eigenvalue weighted by molar-refractivity contribution is -0.120. The topological polar surface area (TPSA) is 70.2 Å². The summed E-state index contributed by atoms with van der Waals surface area (Å²) in [6.45, 7) is 7.72. The number of benzene rings is 1. The summed E-state index contributed by atoms with van der Waals surface area (Å²) in [6, 6.07) is 7.25. The summed E-state index contributed by atoms with van der Waals surface area (Å²) in [5.41, 5.74) is 1.51. The minimum atomic E-state index is 0.0117. The first kappa shape index (κ1) is 16.5. The molecule has 1 fully saturated rings. The molecular weight excluding hydrogens is 278 g/mol. The van der Waals surface area contributed by atoms with E-state index < -0.39 is 0 Å². The van der Waals surface area contributed by atoms with Gasteiger partial charge in [-0.05, 0) is 42.6 Å². The van der Waals surface area contributed by atoms with Gasteiger partial charge < -0.3 is 16.0 Å². The monoisotopic (exact) mass is 303 g/mol. The zero-order chi connectivity index (χ0) is 16.1. The van der Waals surface area contributed by atoms with Crippen molar-refractivity contribution in [3.63, 3.8) is 0 Å². The Labute approximate surface area is 131 Å². The van der Waals surface area contributed by atoms with E-state index in [9.17, 15) is 9.59 Å². The Balaban J connectivity index is 1.89. The van der Waals surface area contributed by atoms with Gasteiger partial charge in [-0.1, -0.05) is 20.8 Å². The largest absolute Gasteiger partial charge is 0.326 e. The molecule has 2 atom stereocenters. The van der Waals surface area contributed by atoms with Gasteiger partial charge in [0.25, 0.3) is 0 Å². The second kappa shape index (κ2) is 7.40. The quantitative estimate of drug-likeness (QED) is 0.782. The van der Waals surface area contributed by atoms with Crippen molar-refractivity contribution in [2.24, 2.45) is 17.8 Å². The summed E-state index contributed by atoms with van der Waals surface area (Å²) in [7, 11) is 0. The van der Waals surface area contributed by atoms with Gasteiger partial charge in [-0.25, -0.2) is 0 Å². The fraction of sp³-hybridized carbons (Fsp3) is 0.529. The molecule has 1 saturated heterocycles. The molecule has 0 spiro atoms. The van der Waals surface area contributed by atoms with Crippen LogP contribution in [0.3, 0.4) is 0 Å². The molecule has 1 aromatic rings. The molecule has 22 heavy (non-hydrogen) atoms. The Kier molecular flexibility index (Phi) is 5.55. The molecule has 2 rings (SSSR count). The highest BCUT2D eigenvalue weighted by Crippen LogP contribution is 2.20. The lowest BCUT2D eigenvalue weighted by atomic mass is 9.97. The van der Waals surface area contributed by atoms with E-state index in [1.165, 1.54) is 0 Å². The Morgan fingerprint density at radius 3 is 2.23 bits per heavy atom. The number of hydrogen-bond acceptors (Lipinski definition) is 3. The summed E-state index contributed by atoms with van der Waals surface area (Å²) in [5.74, 6) is 0.771. The fourth-order valence-corrected chi connectivity index (χ4v) is 2.62. The van der Waals surface area contributed by atoms with Gasteiger partial charge in [-0.15, -0.1) is 0 Å². The molecule has 5 nitrogen and oxygen atoms in total. The van der Waals surface area contributed by atoms with Gasteiger partial charge in [-0.3, -0.25) is 9.59 Å².